The molecule has 0 aliphatic rings. The molecule has 3 heteroatoms. The maximum absolute atomic E-state index is 11.3. The average Bonchev–Trinajstić information content (AvgIpc) is 2.07. The summed E-state index contributed by atoms with van der Waals surface area (Å²) in [6.07, 6.45) is 1.75. The highest BCUT2D eigenvalue weighted by Gasteiger charge is 1.96. The van der Waals surface area contributed by atoms with E-state index in [2.05, 4.69) is 15.9 Å². The van der Waals surface area contributed by atoms with Crippen molar-refractivity contribution >= 4 is 21.4 Å². The van der Waals surface area contributed by atoms with Crippen molar-refractivity contribution in [2.24, 2.45) is 0 Å². The molecule has 2 rings (SSSR count). The van der Waals surface area contributed by atoms with Crippen LogP contribution < -0.4 is 5.56 Å². The largest absolute Gasteiger partial charge is 0.283 e. The van der Waals surface area contributed by atoms with Crippen molar-refractivity contribution in [3.63, 3.8) is 0 Å². The fourth-order valence-electron chi connectivity index (χ4n) is 1.15. The van der Waals surface area contributed by atoms with Gasteiger partial charge in [0.2, 0.25) is 0 Å². The predicted octanol–water partition coefficient (Wildman–Crippen LogP) is 2.06. The zero-order valence-electron chi connectivity index (χ0n) is 6.20. The molecule has 0 aliphatic heterocycles. The molecule has 60 valence electrons. The smallest absolute Gasteiger partial charge is 0.255 e. The summed E-state index contributed by atoms with van der Waals surface area (Å²) >= 11 is 3.37. The molecule has 12 heavy (non-hydrogen) atoms. The summed E-state index contributed by atoms with van der Waals surface area (Å²) in [6, 6.07) is 8.93. The van der Waals surface area contributed by atoms with E-state index < -0.39 is 0 Å². The molecule has 2 heterocycles. The van der Waals surface area contributed by atoms with Gasteiger partial charge in [-0.1, -0.05) is 6.07 Å². The Labute approximate surface area is 77.6 Å². The van der Waals surface area contributed by atoms with Crippen LogP contribution in [-0.4, -0.2) is 4.40 Å². The van der Waals surface area contributed by atoms with Crippen molar-refractivity contribution < 1.29 is 0 Å². The molecule has 2 aromatic rings. The quantitative estimate of drug-likeness (QED) is 0.671. The number of nitrogens with zero attached hydrogens (tertiary/aromatic N) is 1. The zero-order valence-corrected chi connectivity index (χ0v) is 7.78. The van der Waals surface area contributed by atoms with E-state index in [1.807, 2.05) is 18.2 Å². The molecule has 0 atom stereocenters. The van der Waals surface area contributed by atoms with Crippen molar-refractivity contribution in [3.8, 4) is 0 Å². The third-order valence-corrected chi connectivity index (χ3v) is 2.38. The molecule has 0 radical (unpaired) electrons. The molecule has 0 spiro atoms. The summed E-state index contributed by atoms with van der Waals surface area (Å²) < 4.78 is 2.53. The number of rotatable bonds is 0. The minimum Gasteiger partial charge on any atom is -0.283 e. The van der Waals surface area contributed by atoms with Gasteiger partial charge in [0.25, 0.3) is 5.56 Å². The Morgan fingerprint density at radius 3 is 2.75 bits per heavy atom. The topological polar surface area (TPSA) is 21.5 Å². The van der Waals surface area contributed by atoms with E-state index in [0.717, 1.165) is 9.99 Å². The first-order valence-electron chi connectivity index (χ1n) is 3.55. The lowest BCUT2D eigenvalue weighted by Crippen LogP contribution is -2.10. The molecule has 0 unspecified atom stereocenters. The number of halogens is 1. The van der Waals surface area contributed by atoms with Gasteiger partial charge in [-0.2, -0.15) is 0 Å². The molecule has 0 bridgehead atoms. The third kappa shape index (κ3) is 1.06. The normalized spacial score (nSPS) is 10.4. The third-order valence-electron chi connectivity index (χ3n) is 1.71. The minimum atomic E-state index is -0.00574. The fraction of sp³-hybridized carbons (Fsp3) is 0. The Balaban J connectivity index is 3.05. The number of pyridine rings is 2. The fourth-order valence-corrected chi connectivity index (χ4v) is 1.62. The Kier molecular flexibility index (Phi) is 1.73. The molecule has 0 saturated heterocycles. The van der Waals surface area contributed by atoms with E-state index in [4.69, 9.17) is 0 Å². The Morgan fingerprint density at radius 1 is 1.17 bits per heavy atom. The summed E-state index contributed by atoms with van der Waals surface area (Å²) in [5.74, 6) is 0. The van der Waals surface area contributed by atoms with Crippen LogP contribution in [0.15, 0.2) is 45.8 Å². The van der Waals surface area contributed by atoms with E-state index in [-0.39, 0.29) is 5.56 Å². The van der Waals surface area contributed by atoms with Gasteiger partial charge in [-0.05, 0) is 34.1 Å². The predicted molar refractivity (Wildman–Crippen MR) is 51.4 cm³/mol. The van der Waals surface area contributed by atoms with Crippen LogP contribution in [0.2, 0.25) is 0 Å². The number of aromatic nitrogens is 1. The molecule has 2 nitrogen and oxygen atoms in total. The lowest BCUT2D eigenvalue weighted by Gasteiger charge is -1.99. The van der Waals surface area contributed by atoms with Gasteiger partial charge in [0.05, 0.1) is 5.52 Å². The highest BCUT2D eigenvalue weighted by Crippen LogP contribution is 2.14. The first kappa shape index (κ1) is 7.55. The second-order valence-corrected chi connectivity index (χ2v) is 3.33. The maximum Gasteiger partial charge on any atom is 0.255 e. The second-order valence-electron chi connectivity index (χ2n) is 2.48. The van der Waals surface area contributed by atoms with Gasteiger partial charge in [0, 0.05) is 16.7 Å². The second kappa shape index (κ2) is 2.75. The van der Waals surface area contributed by atoms with Crippen LogP contribution in [0.25, 0.3) is 5.52 Å². The van der Waals surface area contributed by atoms with Crippen LogP contribution in [-0.2, 0) is 0 Å². The molecular weight excluding hydrogens is 218 g/mol. The first-order chi connectivity index (χ1) is 5.79. The van der Waals surface area contributed by atoms with Gasteiger partial charge < -0.3 is 0 Å². The Bertz CT molecular complexity index is 475. The van der Waals surface area contributed by atoms with Crippen LogP contribution in [0.4, 0.5) is 0 Å². The van der Waals surface area contributed by atoms with Crippen molar-refractivity contribution in [1.82, 2.24) is 4.40 Å². The van der Waals surface area contributed by atoms with Gasteiger partial charge in [-0.3, -0.25) is 9.20 Å². The van der Waals surface area contributed by atoms with Crippen LogP contribution in [0.1, 0.15) is 0 Å². The number of fused-ring (bicyclic) bond motifs is 1. The van der Waals surface area contributed by atoms with Crippen molar-refractivity contribution in [1.29, 1.82) is 0 Å². The average molecular weight is 224 g/mol. The molecule has 2 aromatic heterocycles. The van der Waals surface area contributed by atoms with Gasteiger partial charge in [0.1, 0.15) is 0 Å². The molecule has 0 fully saturated rings. The van der Waals surface area contributed by atoms with E-state index >= 15 is 0 Å². The van der Waals surface area contributed by atoms with E-state index in [0.29, 0.717) is 0 Å². The van der Waals surface area contributed by atoms with Crippen molar-refractivity contribution in [2.75, 3.05) is 0 Å². The van der Waals surface area contributed by atoms with Crippen LogP contribution in [0.3, 0.4) is 0 Å². The van der Waals surface area contributed by atoms with Gasteiger partial charge in [-0.15, -0.1) is 0 Å². The molecule has 0 aromatic carbocycles. The van der Waals surface area contributed by atoms with Crippen LogP contribution >= 0.6 is 15.9 Å². The Hall–Kier alpha value is -1.09. The van der Waals surface area contributed by atoms with Crippen LogP contribution in [0.5, 0.6) is 0 Å². The number of hydrogen-bond acceptors (Lipinski definition) is 1. The molecule has 0 saturated carbocycles. The minimum absolute atomic E-state index is 0.00574. The lowest BCUT2D eigenvalue weighted by atomic mass is 10.3. The van der Waals surface area contributed by atoms with Gasteiger partial charge >= 0.3 is 0 Å². The summed E-state index contributed by atoms with van der Waals surface area (Å²) in [5, 5.41) is 0. The number of hydrogen-bond donors (Lipinski definition) is 0. The zero-order chi connectivity index (χ0) is 8.55. The summed E-state index contributed by atoms with van der Waals surface area (Å²) in [4.78, 5) is 11.3. The van der Waals surface area contributed by atoms with E-state index in [1.54, 1.807) is 22.7 Å². The SMILES string of the molecule is O=c1cccc2c(Br)cccn12. The molecule has 0 amide bonds. The molecule has 0 aliphatic carbocycles. The Morgan fingerprint density at radius 2 is 2.00 bits per heavy atom. The standard InChI is InChI=1S/C9H6BrNO/c10-7-3-2-6-11-8(7)4-1-5-9(11)12/h1-6H. The van der Waals surface area contributed by atoms with Crippen molar-refractivity contribution in [3.05, 3.63) is 51.4 Å². The van der Waals surface area contributed by atoms with Gasteiger partial charge in [-0.25, -0.2) is 0 Å². The highest BCUT2D eigenvalue weighted by atomic mass is 79.9. The van der Waals surface area contributed by atoms with E-state index in [9.17, 15) is 4.79 Å². The first-order valence-corrected chi connectivity index (χ1v) is 4.34. The lowest BCUT2D eigenvalue weighted by molar-refractivity contribution is 1.09. The van der Waals surface area contributed by atoms with Crippen LogP contribution in [0, 0.1) is 0 Å². The van der Waals surface area contributed by atoms with Gasteiger partial charge in [0.15, 0.2) is 0 Å². The summed E-state index contributed by atoms with van der Waals surface area (Å²) in [5.41, 5.74) is 0.888. The van der Waals surface area contributed by atoms with Crippen molar-refractivity contribution in [2.45, 2.75) is 0 Å². The van der Waals surface area contributed by atoms with E-state index in [1.165, 1.54) is 0 Å². The molecular formula is C9H6BrNO. The maximum atomic E-state index is 11.3. The summed E-state index contributed by atoms with van der Waals surface area (Å²) in [7, 11) is 0. The highest BCUT2D eigenvalue weighted by molar-refractivity contribution is 9.10. The molecule has 0 N–H and O–H groups in total. The summed E-state index contributed by atoms with van der Waals surface area (Å²) in [6.45, 7) is 0. The monoisotopic (exact) mass is 223 g/mol.